The second-order valence-electron chi connectivity index (χ2n) is 5.72. The summed E-state index contributed by atoms with van der Waals surface area (Å²) < 4.78 is 11.5. The molecular weight excluding hydrogens is 228 g/mol. The van der Waals surface area contributed by atoms with Gasteiger partial charge in [-0.2, -0.15) is 0 Å². The molecule has 0 spiro atoms. The van der Waals surface area contributed by atoms with Crippen molar-refractivity contribution in [1.29, 1.82) is 0 Å². The molecule has 0 bridgehead atoms. The maximum Gasteiger partial charge on any atom is 0.199 e. The molecule has 0 saturated heterocycles. The van der Waals surface area contributed by atoms with Crippen molar-refractivity contribution < 1.29 is 9.47 Å². The Labute approximate surface area is 108 Å². The molecule has 4 nitrogen and oxygen atoms in total. The van der Waals surface area contributed by atoms with Gasteiger partial charge in [-0.05, 0) is 26.2 Å². The zero-order valence-electron chi connectivity index (χ0n) is 11.3. The molecule has 0 N–H and O–H groups in total. The van der Waals surface area contributed by atoms with E-state index in [1.54, 1.807) is 0 Å². The first-order chi connectivity index (χ1) is 8.74. The lowest BCUT2D eigenvalue weighted by molar-refractivity contribution is 0.278. The van der Waals surface area contributed by atoms with E-state index >= 15 is 0 Å². The van der Waals surface area contributed by atoms with Gasteiger partial charge in [-0.1, -0.05) is 19.8 Å². The first kappa shape index (κ1) is 12.0. The Kier molecular flexibility index (Phi) is 3.04. The molecule has 1 saturated carbocycles. The van der Waals surface area contributed by atoms with E-state index in [1.807, 2.05) is 0 Å². The molecule has 3 rings (SSSR count). The third kappa shape index (κ3) is 2.02. The molecule has 0 unspecified atom stereocenters. The van der Waals surface area contributed by atoms with Crippen LogP contribution in [0.1, 0.15) is 46.0 Å². The summed E-state index contributed by atoms with van der Waals surface area (Å²) in [6.07, 6.45) is 5.75. The van der Waals surface area contributed by atoms with E-state index in [0.717, 1.165) is 37.7 Å². The highest BCUT2D eigenvalue weighted by atomic mass is 16.5. The fourth-order valence-electron chi connectivity index (χ4n) is 2.64. The molecule has 2 atom stereocenters. The molecule has 0 radical (unpaired) electrons. The Morgan fingerprint density at radius 3 is 2.50 bits per heavy atom. The van der Waals surface area contributed by atoms with Crippen molar-refractivity contribution >= 4 is 11.8 Å². The Hall–Kier alpha value is -1.06. The van der Waals surface area contributed by atoms with Gasteiger partial charge in [0.25, 0.3) is 0 Å². The average molecular weight is 250 g/mol. The molecule has 4 heteroatoms. The number of unbranched alkanes of at least 4 members (excludes halogenated alkanes) is 1. The van der Waals surface area contributed by atoms with Crippen LogP contribution in [0.5, 0.6) is 0 Å². The van der Waals surface area contributed by atoms with Crippen LogP contribution in [0.25, 0.3) is 0 Å². The third-order valence-corrected chi connectivity index (χ3v) is 3.97. The molecule has 0 aromatic heterocycles. The number of ether oxygens (including phenoxy) is 2. The lowest BCUT2D eigenvalue weighted by atomic mass is 10.1. The summed E-state index contributed by atoms with van der Waals surface area (Å²) >= 11 is 0. The van der Waals surface area contributed by atoms with Gasteiger partial charge in [0.1, 0.15) is 18.6 Å². The van der Waals surface area contributed by atoms with E-state index < -0.39 is 0 Å². The first-order valence-electron chi connectivity index (χ1n) is 7.17. The zero-order valence-corrected chi connectivity index (χ0v) is 11.3. The number of hydrogen-bond donors (Lipinski definition) is 0. The molecule has 0 aromatic rings. The highest BCUT2D eigenvalue weighted by Crippen LogP contribution is 2.51. The molecule has 100 valence electrons. The number of hydrogen-bond acceptors (Lipinski definition) is 4. The molecule has 1 aliphatic carbocycles. The topological polar surface area (TPSA) is 43.2 Å². The number of rotatable bonds is 5. The molecule has 1 fully saturated rings. The zero-order chi connectivity index (χ0) is 12.6. The van der Waals surface area contributed by atoms with Crippen molar-refractivity contribution in [2.75, 3.05) is 13.2 Å². The standard InChI is InChI=1S/C14H22N2O2/c1-3-4-5-11-9-18-13(16-11)14(6-7-14)12-15-10(2)8-17-12/h10-11H,3-9H2,1-2H3/t10-,11-/m0/s1. The van der Waals surface area contributed by atoms with Crippen molar-refractivity contribution in [3.63, 3.8) is 0 Å². The summed E-state index contributed by atoms with van der Waals surface area (Å²) in [6.45, 7) is 5.76. The summed E-state index contributed by atoms with van der Waals surface area (Å²) in [5.74, 6) is 1.78. The van der Waals surface area contributed by atoms with Crippen LogP contribution >= 0.6 is 0 Å². The van der Waals surface area contributed by atoms with Crippen molar-refractivity contribution in [2.45, 2.75) is 58.0 Å². The number of nitrogens with zero attached hydrogens (tertiary/aromatic N) is 2. The number of aliphatic imine (C=N–C) groups is 2. The summed E-state index contributed by atoms with van der Waals surface area (Å²) in [6, 6.07) is 0.646. The second kappa shape index (κ2) is 4.56. The molecule has 3 aliphatic rings. The van der Waals surface area contributed by atoms with Gasteiger partial charge in [0.05, 0.1) is 12.1 Å². The van der Waals surface area contributed by atoms with Gasteiger partial charge in [-0.25, -0.2) is 9.98 Å². The SMILES string of the molecule is CCCC[C@H]1COC(C2(C3=N[C@@H](C)CO3)CC2)=N1. The van der Waals surface area contributed by atoms with Crippen LogP contribution in [0, 0.1) is 5.41 Å². The lowest BCUT2D eigenvalue weighted by Crippen LogP contribution is -2.26. The minimum atomic E-state index is -0.0777. The molecule has 2 aliphatic heterocycles. The van der Waals surface area contributed by atoms with Crippen molar-refractivity contribution in [3.8, 4) is 0 Å². The largest absolute Gasteiger partial charge is 0.478 e. The first-order valence-corrected chi connectivity index (χ1v) is 7.17. The monoisotopic (exact) mass is 250 g/mol. The molecule has 0 amide bonds. The van der Waals surface area contributed by atoms with Gasteiger partial charge >= 0.3 is 0 Å². The highest BCUT2D eigenvalue weighted by Gasteiger charge is 2.57. The third-order valence-electron chi connectivity index (χ3n) is 3.97. The van der Waals surface area contributed by atoms with Crippen LogP contribution in [0.15, 0.2) is 9.98 Å². The Balaban J connectivity index is 1.70. The van der Waals surface area contributed by atoms with Crippen molar-refractivity contribution in [2.24, 2.45) is 15.4 Å². The van der Waals surface area contributed by atoms with Gasteiger partial charge in [-0.15, -0.1) is 0 Å². The lowest BCUT2D eigenvalue weighted by Gasteiger charge is -2.13. The summed E-state index contributed by atoms with van der Waals surface area (Å²) in [5, 5.41) is 0. The Morgan fingerprint density at radius 2 is 1.89 bits per heavy atom. The average Bonchev–Trinajstić information content (AvgIpc) is 2.84. The van der Waals surface area contributed by atoms with Crippen LogP contribution in [0.3, 0.4) is 0 Å². The van der Waals surface area contributed by atoms with E-state index in [1.165, 1.54) is 12.8 Å². The van der Waals surface area contributed by atoms with Crippen LogP contribution < -0.4 is 0 Å². The van der Waals surface area contributed by atoms with E-state index in [0.29, 0.717) is 12.6 Å². The summed E-state index contributed by atoms with van der Waals surface area (Å²) in [7, 11) is 0. The van der Waals surface area contributed by atoms with Gasteiger partial charge in [0.2, 0.25) is 0 Å². The summed E-state index contributed by atoms with van der Waals surface area (Å²) in [5.41, 5.74) is -0.0777. The fraction of sp³-hybridized carbons (Fsp3) is 0.857. The van der Waals surface area contributed by atoms with Crippen LogP contribution in [0.4, 0.5) is 0 Å². The maximum absolute atomic E-state index is 5.83. The van der Waals surface area contributed by atoms with E-state index in [9.17, 15) is 0 Å². The van der Waals surface area contributed by atoms with Crippen LogP contribution in [-0.2, 0) is 9.47 Å². The van der Waals surface area contributed by atoms with E-state index in [4.69, 9.17) is 14.5 Å². The smallest absolute Gasteiger partial charge is 0.199 e. The Bertz CT molecular complexity index is 385. The minimum Gasteiger partial charge on any atom is -0.478 e. The van der Waals surface area contributed by atoms with Gasteiger partial charge in [-0.3, -0.25) is 0 Å². The van der Waals surface area contributed by atoms with Gasteiger partial charge in [0, 0.05) is 0 Å². The minimum absolute atomic E-state index is 0.0777. The van der Waals surface area contributed by atoms with Crippen molar-refractivity contribution in [1.82, 2.24) is 0 Å². The maximum atomic E-state index is 5.83. The van der Waals surface area contributed by atoms with Crippen LogP contribution in [0.2, 0.25) is 0 Å². The van der Waals surface area contributed by atoms with E-state index in [2.05, 4.69) is 18.8 Å². The second-order valence-corrected chi connectivity index (χ2v) is 5.72. The predicted octanol–water partition coefficient (Wildman–Crippen LogP) is 2.57. The van der Waals surface area contributed by atoms with Crippen LogP contribution in [-0.4, -0.2) is 37.1 Å². The van der Waals surface area contributed by atoms with Gasteiger partial charge in [0.15, 0.2) is 11.8 Å². The molecule has 2 heterocycles. The fourth-order valence-corrected chi connectivity index (χ4v) is 2.64. The quantitative estimate of drug-likeness (QED) is 0.752. The molecule has 0 aromatic carbocycles. The van der Waals surface area contributed by atoms with Crippen molar-refractivity contribution in [3.05, 3.63) is 0 Å². The Morgan fingerprint density at radius 1 is 1.17 bits per heavy atom. The summed E-state index contributed by atoms with van der Waals surface area (Å²) in [4.78, 5) is 9.35. The molecule has 18 heavy (non-hydrogen) atoms. The highest BCUT2D eigenvalue weighted by molar-refractivity contribution is 6.08. The molecular formula is C14H22N2O2. The normalized spacial score (nSPS) is 32.6. The predicted molar refractivity (Wildman–Crippen MR) is 71.2 cm³/mol. The van der Waals surface area contributed by atoms with Gasteiger partial charge < -0.3 is 9.47 Å². The van der Waals surface area contributed by atoms with E-state index in [-0.39, 0.29) is 11.5 Å².